The monoisotopic (exact) mass is 388 g/mol. The zero-order chi connectivity index (χ0) is 20.0. The standard InChI is InChI=1S/C23H24N4O2/c1-16-7-6-12-25(15-16)23(29)21-24-20(19-10-4-5-13-26(19)21)22(28)27-14-11-17-8-2-3-9-18(17)27/h2-5,8-10,13,16H,6-7,11-12,14-15H2,1H3. The highest BCUT2D eigenvalue weighted by Crippen LogP contribution is 2.30. The van der Waals surface area contributed by atoms with E-state index in [0.717, 1.165) is 38.0 Å². The molecule has 3 aromatic rings. The van der Waals surface area contributed by atoms with Crippen molar-refractivity contribution in [2.45, 2.75) is 26.2 Å². The highest BCUT2D eigenvalue weighted by molar-refractivity contribution is 6.11. The molecule has 2 aromatic heterocycles. The van der Waals surface area contributed by atoms with E-state index in [4.69, 9.17) is 0 Å². The lowest BCUT2D eigenvalue weighted by atomic mass is 10.0. The molecule has 1 saturated heterocycles. The first kappa shape index (κ1) is 17.9. The predicted molar refractivity (Wildman–Crippen MR) is 111 cm³/mol. The maximum absolute atomic E-state index is 13.4. The van der Waals surface area contributed by atoms with Gasteiger partial charge in [-0.05, 0) is 48.9 Å². The highest BCUT2D eigenvalue weighted by atomic mass is 16.2. The predicted octanol–water partition coefficient (Wildman–Crippen LogP) is 3.41. The smallest absolute Gasteiger partial charge is 0.290 e. The first-order valence-corrected chi connectivity index (χ1v) is 10.3. The number of rotatable bonds is 2. The molecule has 1 aromatic carbocycles. The Morgan fingerprint density at radius 1 is 1.03 bits per heavy atom. The fourth-order valence-electron chi connectivity index (χ4n) is 4.54. The topological polar surface area (TPSA) is 57.9 Å². The van der Waals surface area contributed by atoms with Crippen LogP contribution in [0.15, 0.2) is 48.7 Å². The number of benzene rings is 1. The van der Waals surface area contributed by atoms with Crippen molar-refractivity contribution in [1.29, 1.82) is 0 Å². The summed E-state index contributed by atoms with van der Waals surface area (Å²) in [6.45, 7) is 4.29. The Morgan fingerprint density at radius 3 is 2.72 bits per heavy atom. The van der Waals surface area contributed by atoms with E-state index in [1.54, 1.807) is 9.30 Å². The van der Waals surface area contributed by atoms with Gasteiger partial charge >= 0.3 is 0 Å². The maximum atomic E-state index is 13.4. The lowest BCUT2D eigenvalue weighted by Crippen LogP contribution is -2.40. The van der Waals surface area contributed by atoms with Crippen molar-refractivity contribution in [3.8, 4) is 0 Å². The molecule has 0 spiro atoms. The molecule has 4 heterocycles. The molecule has 0 saturated carbocycles. The van der Waals surface area contributed by atoms with E-state index >= 15 is 0 Å². The minimum Gasteiger partial charge on any atom is -0.336 e. The average molecular weight is 388 g/mol. The SMILES string of the molecule is CC1CCCN(C(=O)c2nc(C(=O)N3CCc4ccccc43)c3ccccn23)C1. The number of likely N-dealkylation sites (tertiary alicyclic amines) is 1. The summed E-state index contributed by atoms with van der Waals surface area (Å²) < 4.78 is 1.76. The number of para-hydroxylation sites is 1. The lowest BCUT2D eigenvalue weighted by molar-refractivity contribution is 0.0670. The van der Waals surface area contributed by atoms with E-state index in [-0.39, 0.29) is 11.8 Å². The van der Waals surface area contributed by atoms with Gasteiger partial charge in [0.2, 0.25) is 5.82 Å². The van der Waals surface area contributed by atoms with Gasteiger partial charge in [-0.2, -0.15) is 0 Å². The molecule has 1 fully saturated rings. The number of pyridine rings is 1. The van der Waals surface area contributed by atoms with Crippen LogP contribution in [0.1, 0.15) is 46.4 Å². The summed E-state index contributed by atoms with van der Waals surface area (Å²) >= 11 is 0. The zero-order valence-electron chi connectivity index (χ0n) is 16.5. The van der Waals surface area contributed by atoms with Crippen LogP contribution >= 0.6 is 0 Å². The number of fused-ring (bicyclic) bond motifs is 2. The summed E-state index contributed by atoms with van der Waals surface area (Å²) in [4.78, 5) is 34.9. The summed E-state index contributed by atoms with van der Waals surface area (Å²) in [6, 6.07) is 13.6. The largest absolute Gasteiger partial charge is 0.336 e. The van der Waals surface area contributed by atoms with Crippen molar-refractivity contribution in [3.63, 3.8) is 0 Å². The molecule has 1 atom stereocenters. The molecule has 0 N–H and O–H groups in total. The molecule has 5 rings (SSSR count). The molecule has 2 amide bonds. The summed E-state index contributed by atoms with van der Waals surface area (Å²) in [6.07, 6.45) is 4.81. The van der Waals surface area contributed by atoms with Gasteiger partial charge in [0, 0.05) is 31.5 Å². The van der Waals surface area contributed by atoms with Crippen LogP contribution in [0.2, 0.25) is 0 Å². The van der Waals surface area contributed by atoms with Crippen molar-refractivity contribution in [2.75, 3.05) is 24.5 Å². The number of carbonyl (C=O) groups is 2. The van der Waals surface area contributed by atoms with Crippen LogP contribution < -0.4 is 4.90 Å². The van der Waals surface area contributed by atoms with E-state index in [0.29, 0.717) is 29.5 Å². The number of anilines is 1. The molecular weight excluding hydrogens is 364 g/mol. The zero-order valence-corrected chi connectivity index (χ0v) is 16.5. The first-order valence-electron chi connectivity index (χ1n) is 10.3. The summed E-state index contributed by atoms with van der Waals surface area (Å²) in [5.74, 6) is 0.565. The van der Waals surface area contributed by atoms with Gasteiger partial charge in [-0.15, -0.1) is 0 Å². The van der Waals surface area contributed by atoms with Gasteiger partial charge in [0.1, 0.15) is 0 Å². The Hall–Kier alpha value is -3.15. The van der Waals surface area contributed by atoms with Crippen LogP contribution in [0.3, 0.4) is 0 Å². The van der Waals surface area contributed by atoms with E-state index in [9.17, 15) is 9.59 Å². The summed E-state index contributed by atoms with van der Waals surface area (Å²) in [5, 5.41) is 0. The molecule has 1 unspecified atom stereocenters. The molecule has 0 radical (unpaired) electrons. The van der Waals surface area contributed by atoms with Crippen LogP contribution in [-0.2, 0) is 6.42 Å². The Balaban J connectivity index is 1.54. The van der Waals surface area contributed by atoms with E-state index in [1.807, 2.05) is 47.5 Å². The molecule has 148 valence electrons. The molecule has 2 aliphatic heterocycles. The number of nitrogens with zero attached hydrogens (tertiary/aromatic N) is 4. The van der Waals surface area contributed by atoms with Crippen molar-refractivity contribution < 1.29 is 9.59 Å². The van der Waals surface area contributed by atoms with Gasteiger partial charge in [-0.3, -0.25) is 14.0 Å². The second kappa shape index (κ2) is 7.03. The number of piperidine rings is 1. The number of hydrogen-bond donors (Lipinski definition) is 0. The lowest BCUT2D eigenvalue weighted by Gasteiger charge is -2.30. The quantitative estimate of drug-likeness (QED) is 0.676. The number of amides is 2. The van der Waals surface area contributed by atoms with Crippen molar-refractivity contribution >= 4 is 23.0 Å². The second-order valence-electron chi connectivity index (χ2n) is 8.07. The number of carbonyl (C=O) groups excluding carboxylic acids is 2. The van der Waals surface area contributed by atoms with Gasteiger partial charge < -0.3 is 9.80 Å². The highest BCUT2D eigenvalue weighted by Gasteiger charge is 2.31. The van der Waals surface area contributed by atoms with Crippen LogP contribution in [-0.4, -0.2) is 45.7 Å². The number of aromatic nitrogens is 2. The van der Waals surface area contributed by atoms with Gasteiger partial charge in [-0.1, -0.05) is 31.2 Å². The van der Waals surface area contributed by atoms with Crippen molar-refractivity contribution in [3.05, 3.63) is 65.7 Å². The molecular formula is C23H24N4O2. The minimum absolute atomic E-state index is 0.0985. The van der Waals surface area contributed by atoms with Gasteiger partial charge in [0.25, 0.3) is 11.8 Å². The molecule has 0 aliphatic carbocycles. The molecule has 2 aliphatic rings. The van der Waals surface area contributed by atoms with Crippen LogP contribution in [0.4, 0.5) is 5.69 Å². The normalized spacial score (nSPS) is 18.9. The molecule has 6 nitrogen and oxygen atoms in total. The third kappa shape index (κ3) is 2.99. The van der Waals surface area contributed by atoms with Gasteiger partial charge in [-0.25, -0.2) is 4.98 Å². The second-order valence-corrected chi connectivity index (χ2v) is 8.07. The number of imidazole rings is 1. The van der Waals surface area contributed by atoms with E-state index in [2.05, 4.69) is 18.0 Å². The third-order valence-corrected chi connectivity index (χ3v) is 6.02. The fraction of sp³-hybridized carbons (Fsp3) is 0.348. The Bertz CT molecular complexity index is 1100. The summed E-state index contributed by atoms with van der Waals surface area (Å²) in [5.41, 5.74) is 3.13. The minimum atomic E-state index is -0.148. The Labute approximate surface area is 169 Å². The Morgan fingerprint density at radius 2 is 1.86 bits per heavy atom. The third-order valence-electron chi connectivity index (χ3n) is 6.02. The van der Waals surface area contributed by atoms with Gasteiger partial charge in [0.05, 0.1) is 5.52 Å². The summed E-state index contributed by atoms with van der Waals surface area (Å²) in [7, 11) is 0. The van der Waals surface area contributed by atoms with Crippen molar-refractivity contribution in [2.24, 2.45) is 5.92 Å². The van der Waals surface area contributed by atoms with Crippen molar-refractivity contribution in [1.82, 2.24) is 14.3 Å². The average Bonchev–Trinajstić information content (AvgIpc) is 3.35. The van der Waals surface area contributed by atoms with Crippen LogP contribution in [0.25, 0.3) is 5.52 Å². The maximum Gasteiger partial charge on any atom is 0.290 e. The fourth-order valence-corrected chi connectivity index (χ4v) is 4.54. The Kier molecular flexibility index (Phi) is 4.34. The van der Waals surface area contributed by atoms with Crippen LogP contribution in [0.5, 0.6) is 0 Å². The van der Waals surface area contributed by atoms with E-state index < -0.39 is 0 Å². The van der Waals surface area contributed by atoms with E-state index in [1.165, 1.54) is 5.56 Å². The molecule has 6 heteroatoms. The molecule has 29 heavy (non-hydrogen) atoms. The van der Waals surface area contributed by atoms with Crippen LogP contribution in [0, 0.1) is 5.92 Å². The first-order chi connectivity index (χ1) is 14.1. The molecule has 0 bridgehead atoms. The number of hydrogen-bond acceptors (Lipinski definition) is 3. The van der Waals surface area contributed by atoms with Gasteiger partial charge in [0.15, 0.2) is 5.69 Å².